The fraction of sp³-hybridized carbons (Fsp3) is 0.222. The quantitative estimate of drug-likeness (QED) is 0.300. The molecular formula is C9H12N4O2. The van der Waals surface area contributed by atoms with Crippen LogP contribution >= 0.6 is 0 Å². The van der Waals surface area contributed by atoms with E-state index in [2.05, 4.69) is 5.32 Å². The molecule has 0 fully saturated rings. The van der Waals surface area contributed by atoms with E-state index in [0.29, 0.717) is 17.8 Å². The van der Waals surface area contributed by atoms with Crippen molar-refractivity contribution in [3.8, 4) is 0 Å². The Morgan fingerprint density at radius 2 is 2.33 bits per heavy atom. The standard InChI is InChI=1S/C9H12N4O2/c1-2-12-8-4-3-6(13(14)15)5-7(8)9(10)11/h3-5,12H,2H2,1H3,(H3,10,11). The summed E-state index contributed by atoms with van der Waals surface area (Å²) in [6.45, 7) is 2.56. The number of nitrogen functional groups attached to an aromatic ring is 1. The van der Waals surface area contributed by atoms with Crippen LogP contribution in [0.15, 0.2) is 18.2 Å². The zero-order chi connectivity index (χ0) is 11.4. The summed E-state index contributed by atoms with van der Waals surface area (Å²) < 4.78 is 0. The van der Waals surface area contributed by atoms with Gasteiger partial charge in [-0.2, -0.15) is 0 Å². The number of nitrogens with two attached hydrogens (primary N) is 1. The van der Waals surface area contributed by atoms with Crippen molar-refractivity contribution in [1.82, 2.24) is 0 Å². The van der Waals surface area contributed by atoms with E-state index in [1.807, 2.05) is 6.92 Å². The molecule has 0 aliphatic carbocycles. The van der Waals surface area contributed by atoms with Crippen molar-refractivity contribution in [1.29, 1.82) is 5.41 Å². The second-order valence-electron chi connectivity index (χ2n) is 2.93. The van der Waals surface area contributed by atoms with Gasteiger partial charge in [0.25, 0.3) is 5.69 Å². The maximum absolute atomic E-state index is 10.5. The lowest BCUT2D eigenvalue weighted by Gasteiger charge is -2.08. The minimum atomic E-state index is -0.512. The van der Waals surface area contributed by atoms with Crippen molar-refractivity contribution < 1.29 is 4.92 Å². The first kappa shape index (κ1) is 11.0. The van der Waals surface area contributed by atoms with Crippen LogP contribution in [0.3, 0.4) is 0 Å². The Bertz CT molecular complexity index is 403. The highest BCUT2D eigenvalue weighted by atomic mass is 16.6. The molecule has 0 bridgehead atoms. The molecule has 0 saturated carbocycles. The van der Waals surface area contributed by atoms with Crippen molar-refractivity contribution >= 4 is 17.2 Å². The minimum Gasteiger partial charge on any atom is -0.385 e. The lowest BCUT2D eigenvalue weighted by atomic mass is 10.1. The van der Waals surface area contributed by atoms with E-state index in [4.69, 9.17) is 11.1 Å². The number of anilines is 1. The highest BCUT2D eigenvalue weighted by molar-refractivity contribution is 6.00. The Morgan fingerprint density at radius 1 is 1.67 bits per heavy atom. The van der Waals surface area contributed by atoms with Gasteiger partial charge in [-0.15, -0.1) is 0 Å². The van der Waals surface area contributed by atoms with E-state index in [-0.39, 0.29) is 11.5 Å². The summed E-state index contributed by atoms with van der Waals surface area (Å²) in [6, 6.07) is 4.23. The first-order valence-corrected chi connectivity index (χ1v) is 4.43. The molecule has 0 spiro atoms. The number of nitro benzene ring substituents is 1. The summed E-state index contributed by atoms with van der Waals surface area (Å²) in [5.41, 5.74) is 6.25. The van der Waals surface area contributed by atoms with E-state index in [1.165, 1.54) is 12.1 Å². The number of nitrogens with one attached hydrogen (secondary N) is 2. The molecule has 0 amide bonds. The van der Waals surface area contributed by atoms with Gasteiger partial charge in [-0.1, -0.05) is 0 Å². The lowest BCUT2D eigenvalue weighted by Crippen LogP contribution is -2.14. The van der Waals surface area contributed by atoms with Crippen LogP contribution in [0.4, 0.5) is 11.4 Å². The number of amidine groups is 1. The smallest absolute Gasteiger partial charge is 0.270 e. The number of benzene rings is 1. The maximum Gasteiger partial charge on any atom is 0.270 e. The molecular weight excluding hydrogens is 196 g/mol. The van der Waals surface area contributed by atoms with Gasteiger partial charge in [-0.05, 0) is 13.0 Å². The first-order valence-electron chi connectivity index (χ1n) is 4.43. The second kappa shape index (κ2) is 4.41. The summed E-state index contributed by atoms with van der Waals surface area (Å²) >= 11 is 0. The molecule has 0 atom stereocenters. The topological polar surface area (TPSA) is 105 Å². The average molecular weight is 208 g/mol. The molecule has 0 unspecified atom stereocenters. The summed E-state index contributed by atoms with van der Waals surface area (Å²) in [6.07, 6.45) is 0. The van der Waals surface area contributed by atoms with Gasteiger partial charge in [0, 0.05) is 29.9 Å². The van der Waals surface area contributed by atoms with Gasteiger partial charge in [-0.25, -0.2) is 0 Å². The fourth-order valence-electron chi connectivity index (χ4n) is 1.21. The van der Waals surface area contributed by atoms with Crippen LogP contribution in [-0.2, 0) is 0 Å². The summed E-state index contributed by atoms with van der Waals surface area (Å²) in [4.78, 5) is 10.0. The number of hydrogen-bond donors (Lipinski definition) is 3. The molecule has 15 heavy (non-hydrogen) atoms. The van der Waals surface area contributed by atoms with E-state index < -0.39 is 4.92 Å². The van der Waals surface area contributed by atoms with E-state index in [9.17, 15) is 10.1 Å². The Labute approximate surface area is 86.8 Å². The van der Waals surface area contributed by atoms with Crippen LogP contribution in [0.2, 0.25) is 0 Å². The van der Waals surface area contributed by atoms with Crippen molar-refractivity contribution in [3.63, 3.8) is 0 Å². The molecule has 1 rings (SSSR count). The van der Waals surface area contributed by atoms with Crippen LogP contribution in [0.1, 0.15) is 12.5 Å². The predicted molar refractivity (Wildman–Crippen MR) is 58.3 cm³/mol. The van der Waals surface area contributed by atoms with Crippen molar-refractivity contribution in [2.75, 3.05) is 11.9 Å². The van der Waals surface area contributed by atoms with Gasteiger partial charge in [0.2, 0.25) is 0 Å². The molecule has 0 radical (unpaired) electrons. The molecule has 0 heterocycles. The highest BCUT2D eigenvalue weighted by Gasteiger charge is 2.11. The number of nitrogens with zero attached hydrogens (tertiary/aromatic N) is 1. The monoisotopic (exact) mass is 208 g/mol. The van der Waals surface area contributed by atoms with Crippen LogP contribution in [0, 0.1) is 15.5 Å². The SMILES string of the molecule is CCNc1ccc([N+](=O)[O-])cc1C(=N)N. The Kier molecular flexibility index (Phi) is 3.22. The molecule has 0 saturated heterocycles. The van der Waals surface area contributed by atoms with Crippen molar-refractivity contribution in [2.24, 2.45) is 5.73 Å². The van der Waals surface area contributed by atoms with Gasteiger partial charge < -0.3 is 11.1 Å². The minimum absolute atomic E-state index is 0.0677. The average Bonchev–Trinajstić information content (AvgIpc) is 2.18. The zero-order valence-electron chi connectivity index (χ0n) is 8.28. The largest absolute Gasteiger partial charge is 0.385 e. The third-order valence-corrected chi connectivity index (χ3v) is 1.87. The second-order valence-corrected chi connectivity index (χ2v) is 2.93. The predicted octanol–water partition coefficient (Wildman–Crippen LogP) is 1.31. The lowest BCUT2D eigenvalue weighted by molar-refractivity contribution is -0.384. The highest BCUT2D eigenvalue weighted by Crippen LogP contribution is 2.21. The summed E-state index contributed by atoms with van der Waals surface area (Å²) in [5.74, 6) is -0.186. The Morgan fingerprint density at radius 3 is 2.80 bits per heavy atom. The van der Waals surface area contributed by atoms with Gasteiger partial charge >= 0.3 is 0 Å². The maximum atomic E-state index is 10.5. The summed E-state index contributed by atoms with van der Waals surface area (Å²) in [7, 11) is 0. The van der Waals surface area contributed by atoms with Gasteiger partial charge in [0.15, 0.2) is 0 Å². The number of hydrogen-bond acceptors (Lipinski definition) is 4. The van der Waals surface area contributed by atoms with Crippen LogP contribution < -0.4 is 11.1 Å². The molecule has 80 valence electrons. The van der Waals surface area contributed by atoms with Crippen LogP contribution in [0.25, 0.3) is 0 Å². The first-order chi connectivity index (χ1) is 7.06. The van der Waals surface area contributed by atoms with E-state index >= 15 is 0 Å². The Hall–Kier alpha value is -2.11. The van der Waals surface area contributed by atoms with Gasteiger partial charge in [-0.3, -0.25) is 15.5 Å². The molecule has 0 aliphatic rings. The number of nitro groups is 1. The molecule has 6 heteroatoms. The zero-order valence-corrected chi connectivity index (χ0v) is 8.28. The van der Waals surface area contributed by atoms with Crippen LogP contribution in [0.5, 0.6) is 0 Å². The van der Waals surface area contributed by atoms with Crippen LogP contribution in [-0.4, -0.2) is 17.3 Å². The molecule has 1 aromatic rings. The molecule has 0 aromatic heterocycles. The van der Waals surface area contributed by atoms with Gasteiger partial charge in [0.1, 0.15) is 5.84 Å². The Balaban J connectivity index is 3.20. The van der Waals surface area contributed by atoms with Crippen molar-refractivity contribution in [2.45, 2.75) is 6.92 Å². The van der Waals surface area contributed by atoms with E-state index in [1.54, 1.807) is 6.07 Å². The van der Waals surface area contributed by atoms with E-state index in [0.717, 1.165) is 0 Å². The summed E-state index contributed by atoms with van der Waals surface area (Å²) in [5, 5.41) is 20.8. The third kappa shape index (κ3) is 2.43. The van der Waals surface area contributed by atoms with Gasteiger partial charge in [0.05, 0.1) is 4.92 Å². The third-order valence-electron chi connectivity index (χ3n) is 1.87. The fourth-order valence-corrected chi connectivity index (χ4v) is 1.21. The number of rotatable bonds is 4. The molecule has 0 aliphatic heterocycles. The molecule has 4 N–H and O–H groups in total. The molecule has 1 aromatic carbocycles. The van der Waals surface area contributed by atoms with Crippen molar-refractivity contribution in [3.05, 3.63) is 33.9 Å². The normalized spacial score (nSPS) is 9.67. The number of non-ortho nitro benzene ring substituents is 1. The molecule has 6 nitrogen and oxygen atoms in total.